The lowest BCUT2D eigenvalue weighted by atomic mass is 9.93. The van der Waals surface area contributed by atoms with Crippen molar-refractivity contribution >= 4 is 23.4 Å². The molecule has 0 radical (unpaired) electrons. The van der Waals surface area contributed by atoms with E-state index in [0.717, 1.165) is 12.1 Å². The van der Waals surface area contributed by atoms with Gasteiger partial charge in [-0.25, -0.2) is 23.5 Å². The average molecular weight is 425 g/mol. The number of amides is 1. The standard InChI is InChI=1S/C21H17F2N5O3/c1-21(24,20(30)31)10-5-7-11(8-6-10)26-18-16-14(9-25-19(16)29)27-17(28-18)15-12(22)3-2-4-13(15)23/h2-8H,9,24H2,1H3,(H,25,29)(H,30,31)(H,26,27,28). The van der Waals surface area contributed by atoms with Crippen molar-refractivity contribution < 1.29 is 23.5 Å². The van der Waals surface area contributed by atoms with Gasteiger partial charge in [-0.2, -0.15) is 0 Å². The van der Waals surface area contributed by atoms with Gasteiger partial charge in [-0.3, -0.25) is 4.79 Å². The van der Waals surface area contributed by atoms with Crippen molar-refractivity contribution in [2.45, 2.75) is 19.0 Å². The highest BCUT2D eigenvalue weighted by atomic mass is 19.1. The Morgan fingerprint density at radius 2 is 1.77 bits per heavy atom. The molecule has 0 aliphatic carbocycles. The van der Waals surface area contributed by atoms with Crippen LogP contribution in [0.5, 0.6) is 0 Å². The topological polar surface area (TPSA) is 130 Å². The maximum Gasteiger partial charge on any atom is 0.328 e. The third kappa shape index (κ3) is 3.57. The Morgan fingerprint density at radius 1 is 1.13 bits per heavy atom. The number of nitrogens with two attached hydrogens (primary N) is 1. The number of halogens is 2. The molecule has 0 saturated heterocycles. The number of nitrogens with one attached hydrogen (secondary N) is 2. The highest BCUT2D eigenvalue weighted by Crippen LogP contribution is 2.31. The molecule has 0 spiro atoms. The van der Waals surface area contributed by atoms with E-state index in [9.17, 15) is 23.5 Å². The maximum atomic E-state index is 14.3. The highest BCUT2D eigenvalue weighted by molar-refractivity contribution is 6.03. The molecular formula is C21H17F2N5O3. The highest BCUT2D eigenvalue weighted by Gasteiger charge is 2.31. The minimum absolute atomic E-state index is 0.0687. The van der Waals surface area contributed by atoms with Gasteiger partial charge >= 0.3 is 5.97 Å². The molecule has 2 aromatic carbocycles. The Labute approximate surface area is 175 Å². The van der Waals surface area contributed by atoms with Gasteiger partial charge in [0.25, 0.3) is 5.91 Å². The van der Waals surface area contributed by atoms with Crippen LogP contribution in [0.1, 0.15) is 28.5 Å². The second-order valence-corrected chi connectivity index (χ2v) is 7.21. The van der Waals surface area contributed by atoms with Crippen molar-refractivity contribution in [1.29, 1.82) is 0 Å². The summed E-state index contributed by atoms with van der Waals surface area (Å²) in [5.74, 6) is -3.40. The number of anilines is 2. The van der Waals surface area contributed by atoms with E-state index in [1.54, 1.807) is 12.1 Å². The molecule has 1 aliphatic rings. The Bertz CT molecular complexity index is 1190. The van der Waals surface area contributed by atoms with Crippen LogP contribution in [0.2, 0.25) is 0 Å². The number of fused-ring (bicyclic) bond motifs is 1. The smallest absolute Gasteiger partial charge is 0.328 e. The Balaban J connectivity index is 1.76. The van der Waals surface area contributed by atoms with Crippen LogP contribution in [-0.4, -0.2) is 27.0 Å². The summed E-state index contributed by atoms with van der Waals surface area (Å²) < 4.78 is 28.5. The molecule has 5 N–H and O–H groups in total. The average Bonchev–Trinajstić information content (AvgIpc) is 3.09. The number of carbonyl (C=O) groups excluding carboxylic acids is 1. The molecule has 1 aromatic heterocycles. The number of aliphatic carboxylic acids is 1. The fourth-order valence-corrected chi connectivity index (χ4v) is 3.20. The summed E-state index contributed by atoms with van der Waals surface area (Å²) >= 11 is 0. The summed E-state index contributed by atoms with van der Waals surface area (Å²) in [6.07, 6.45) is 0. The van der Waals surface area contributed by atoms with Gasteiger partial charge in [0, 0.05) is 5.69 Å². The zero-order chi connectivity index (χ0) is 22.3. The molecule has 1 unspecified atom stereocenters. The van der Waals surface area contributed by atoms with Crippen molar-refractivity contribution in [1.82, 2.24) is 15.3 Å². The molecule has 2 heterocycles. The third-order valence-electron chi connectivity index (χ3n) is 5.01. The van der Waals surface area contributed by atoms with Crippen LogP contribution in [0.15, 0.2) is 42.5 Å². The first kappa shape index (κ1) is 20.4. The number of carbonyl (C=O) groups is 2. The fourth-order valence-electron chi connectivity index (χ4n) is 3.20. The van der Waals surface area contributed by atoms with Gasteiger partial charge < -0.3 is 21.5 Å². The first-order valence-electron chi connectivity index (χ1n) is 9.22. The number of benzene rings is 2. The lowest BCUT2D eigenvalue weighted by Gasteiger charge is -2.20. The fraction of sp³-hybridized carbons (Fsp3) is 0.143. The van der Waals surface area contributed by atoms with E-state index in [-0.39, 0.29) is 23.8 Å². The van der Waals surface area contributed by atoms with E-state index in [2.05, 4.69) is 20.6 Å². The summed E-state index contributed by atoms with van der Waals surface area (Å²) in [7, 11) is 0. The third-order valence-corrected chi connectivity index (χ3v) is 5.01. The van der Waals surface area contributed by atoms with Crippen LogP contribution in [0.4, 0.5) is 20.3 Å². The summed E-state index contributed by atoms with van der Waals surface area (Å²) in [4.78, 5) is 32.0. The monoisotopic (exact) mass is 425 g/mol. The molecule has 1 aliphatic heterocycles. The van der Waals surface area contributed by atoms with Crippen LogP contribution in [0.25, 0.3) is 11.4 Å². The van der Waals surface area contributed by atoms with E-state index in [1.165, 1.54) is 25.1 Å². The zero-order valence-electron chi connectivity index (χ0n) is 16.2. The van der Waals surface area contributed by atoms with Crippen LogP contribution < -0.4 is 16.4 Å². The number of aromatic nitrogens is 2. The normalized spacial score (nSPS) is 14.5. The van der Waals surface area contributed by atoms with Crippen molar-refractivity contribution in [2.75, 3.05) is 5.32 Å². The summed E-state index contributed by atoms with van der Waals surface area (Å²) in [6.45, 7) is 1.46. The minimum Gasteiger partial charge on any atom is -0.480 e. The van der Waals surface area contributed by atoms with Gasteiger partial charge in [0.05, 0.1) is 17.8 Å². The van der Waals surface area contributed by atoms with E-state index in [0.29, 0.717) is 16.9 Å². The second kappa shape index (κ2) is 7.40. The summed E-state index contributed by atoms with van der Waals surface area (Å²) in [6, 6.07) is 9.59. The largest absolute Gasteiger partial charge is 0.480 e. The van der Waals surface area contributed by atoms with Crippen LogP contribution in [-0.2, 0) is 16.9 Å². The molecule has 1 atom stereocenters. The second-order valence-electron chi connectivity index (χ2n) is 7.21. The molecule has 0 saturated carbocycles. The number of carboxylic acid groups (broad SMARTS) is 1. The zero-order valence-corrected chi connectivity index (χ0v) is 16.2. The minimum atomic E-state index is -1.58. The van der Waals surface area contributed by atoms with E-state index in [1.807, 2.05) is 0 Å². The number of carboxylic acids is 1. The van der Waals surface area contributed by atoms with Crippen molar-refractivity contribution in [2.24, 2.45) is 5.73 Å². The van der Waals surface area contributed by atoms with Crippen LogP contribution in [0.3, 0.4) is 0 Å². The number of nitrogens with zero attached hydrogens (tertiary/aromatic N) is 2. The van der Waals surface area contributed by atoms with Gasteiger partial charge in [-0.05, 0) is 36.8 Å². The summed E-state index contributed by atoms with van der Waals surface area (Å²) in [5, 5.41) is 14.8. The number of rotatable bonds is 5. The lowest BCUT2D eigenvalue weighted by molar-refractivity contribution is -0.143. The Hall–Kier alpha value is -3.92. The molecule has 8 nitrogen and oxygen atoms in total. The van der Waals surface area contributed by atoms with Crippen molar-refractivity contribution in [3.05, 3.63) is 70.9 Å². The van der Waals surface area contributed by atoms with Crippen LogP contribution >= 0.6 is 0 Å². The van der Waals surface area contributed by atoms with Crippen molar-refractivity contribution in [3.8, 4) is 11.4 Å². The van der Waals surface area contributed by atoms with Crippen molar-refractivity contribution in [3.63, 3.8) is 0 Å². The first-order chi connectivity index (χ1) is 14.7. The molecular weight excluding hydrogens is 408 g/mol. The molecule has 158 valence electrons. The molecule has 1 amide bonds. The molecule has 0 bridgehead atoms. The predicted molar refractivity (Wildman–Crippen MR) is 107 cm³/mol. The maximum absolute atomic E-state index is 14.3. The van der Waals surface area contributed by atoms with E-state index < -0.39 is 34.6 Å². The van der Waals surface area contributed by atoms with E-state index in [4.69, 9.17) is 5.73 Å². The predicted octanol–water partition coefficient (Wildman–Crippen LogP) is 2.67. The molecule has 4 rings (SSSR count). The number of hydrogen-bond acceptors (Lipinski definition) is 6. The molecule has 10 heteroatoms. The molecule has 0 fully saturated rings. The Morgan fingerprint density at radius 3 is 2.39 bits per heavy atom. The quantitative estimate of drug-likeness (QED) is 0.494. The van der Waals surface area contributed by atoms with Gasteiger partial charge in [-0.1, -0.05) is 18.2 Å². The van der Waals surface area contributed by atoms with Crippen LogP contribution in [0, 0.1) is 11.6 Å². The van der Waals surface area contributed by atoms with E-state index >= 15 is 0 Å². The number of hydrogen-bond donors (Lipinski definition) is 4. The first-order valence-corrected chi connectivity index (χ1v) is 9.22. The van der Waals surface area contributed by atoms with Gasteiger partial charge in [0.2, 0.25) is 0 Å². The van der Waals surface area contributed by atoms with Gasteiger partial charge in [0.15, 0.2) is 5.82 Å². The Kier molecular flexibility index (Phi) is 4.86. The molecule has 3 aromatic rings. The summed E-state index contributed by atoms with van der Waals surface area (Å²) in [5.41, 5.74) is 5.14. The van der Waals surface area contributed by atoms with Gasteiger partial charge in [-0.15, -0.1) is 0 Å². The molecule has 31 heavy (non-hydrogen) atoms. The SMILES string of the molecule is CC(N)(C(=O)O)c1ccc(Nc2nc(-c3c(F)cccc3F)nc3c2C(=O)NC3)cc1. The van der Waals surface area contributed by atoms with Gasteiger partial charge in [0.1, 0.15) is 28.6 Å². The lowest BCUT2D eigenvalue weighted by Crippen LogP contribution is -2.41.